The number of ether oxygens (including phenoxy) is 1. The maximum atomic E-state index is 5.90. The topological polar surface area (TPSA) is 43.2 Å². The summed E-state index contributed by atoms with van der Waals surface area (Å²) in [6, 6.07) is 4.03. The SMILES string of the molecule is CN1CCC(Cn2c(C3CCCO3)nc3cccnc32)CC1. The number of likely N-dealkylation sites (tertiary alicyclic amines) is 1. The van der Waals surface area contributed by atoms with E-state index in [9.17, 15) is 0 Å². The van der Waals surface area contributed by atoms with Crippen LogP contribution in [-0.4, -0.2) is 46.2 Å². The second-order valence-corrected chi connectivity index (χ2v) is 6.68. The number of nitrogens with zero attached hydrogens (tertiary/aromatic N) is 4. The number of fused-ring (bicyclic) bond motifs is 1. The Kier molecular flexibility index (Phi) is 3.84. The Hall–Kier alpha value is -1.46. The third kappa shape index (κ3) is 2.63. The minimum atomic E-state index is 0.153. The van der Waals surface area contributed by atoms with Crippen LogP contribution in [0.25, 0.3) is 11.2 Å². The number of piperidine rings is 1. The summed E-state index contributed by atoms with van der Waals surface area (Å²) in [5.41, 5.74) is 2.02. The molecule has 0 radical (unpaired) electrons. The summed E-state index contributed by atoms with van der Waals surface area (Å²) in [4.78, 5) is 11.8. The van der Waals surface area contributed by atoms with Crippen LogP contribution in [0.2, 0.25) is 0 Å². The fourth-order valence-electron chi connectivity index (χ4n) is 3.69. The molecule has 2 saturated heterocycles. The number of hydrogen-bond donors (Lipinski definition) is 0. The molecule has 2 aromatic heterocycles. The lowest BCUT2D eigenvalue weighted by molar-refractivity contribution is 0.100. The fraction of sp³-hybridized carbons (Fsp3) is 0.647. The lowest BCUT2D eigenvalue weighted by Crippen LogP contribution is -2.32. The average molecular weight is 300 g/mol. The van der Waals surface area contributed by atoms with Gasteiger partial charge in [-0.25, -0.2) is 9.97 Å². The van der Waals surface area contributed by atoms with E-state index in [-0.39, 0.29) is 6.10 Å². The normalized spacial score (nSPS) is 24.3. The van der Waals surface area contributed by atoms with E-state index in [1.807, 2.05) is 12.3 Å². The molecule has 1 atom stereocenters. The standard InChI is InChI=1S/C17H24N4O/c1-20-9-6-13(7-10-20)12-21-16-14(4-2-8-18-16)19-17(21)15-5-3-11-22-15/h2,4,8,13,15H,3,5-7,9-12H2,1H3. The van der Waals surface area contributed by atoms with Gasteiger partial charge in [-0.1, -0.05) is 0 Å². The molecule has 2 fully saturated rings. The number of hydrogen-bond acceptors (Lipinski definition) is 4. The highest BCUT2D eigenvalue weighted by Gasteiger charge is 2.27. The highest BCUT2D eigenvalue weighted by Crippen LogP contribution is 2.31. The van der Waals surface area contributed by atoms with E-state index >= 15 is 0 Å². The van der Waals surface area contributed by atoms with Crippen molar-refractivity contribution in [2.24, 2.45) is 5.92 Å². The van der Waals surface area contributed by atoms with E-state index in [4.69, 9.17) is 9.72 Å². The molecule has 118 valence electrons. The van der Waals surface area contributed by atoms with Gasteiger partial charge in [-0.15, -0.1) is 0 Å². The molecule has 0 aromatic carbocycles. The minimum absolute atomic E-state index is 0.153. The summed E-state index contributed by atoms with van der Waals surface area (Å²) in [6.07, 6.45) is 6.75. The molecule has 0 amide bonds. The first-order valence-electron chi connectivity index (χ1n) is 8.42. The van der Waals surface area contributed by atoms with E-state index < -0.39 is 0 Å². The zero-order chi connectivity index (χ0) is 14.9. The van der Waals surface area contributed by atoms with E-state index in [0.717, 1.165) is 48.9 Å². The molecule has 4 heterocycles. The molecule has 5 nitrogen and oxygen atoms in total. The molecule has 1 unspecified atom stereocenters. The van der Waals surface area contributed by atoms with Gasteiger partial charge in [0.15, 0.2) is 5.65 Å². The molecule has 4 rings (SSSR count). The van der Waals surface area contributed by atoms with Crippen molar-refractivity contribution in [1.82, 2.24) is 19.4 Å². The summed E-state index contributed by atoms with van der Waals surface area (Å²) in [5.74, 6) is 1.81. The Labute approximate surface area is 131 Å². The van der Waals surface area contributed by atoms with Gasteiger partial charge in [-0.05, 0) is 63.9 Å². The van der Waals surface area contributed by atoms with Crippen molar-refractivity contribution in [1.29, 1.82) is 0 Å². The Balaban J connectivity index is 1.66. The zero-order valence-electron chi connectivity index (χ0n) is 13.2. The van der Waals surface area contributed by atoms with Gasteiger partial charge in [0.25, 0.3) is 0 Å². The van der Waals surface area contributed by atoms with Crippen LogP contribution in [-0.2, 0) is 11.3 Å². The Morgan fingerprint density at radius 1 is 1.27 bits per heavy atom. The first kappa shape index (κ1) is 14.2. The molecule has 22 heavy (non-hydrogen) atoms. The summed E-state index contributed by atoms with van der Waals surface area (Å²) >= 11 is 0. The number of rotatable bonds is 3. The Morgan fingerprint density at radius 3 is 2.91 bits per heavy atom. The van der Waals surface area contributed by atoms with E-state index in [0.29, 0.717) is 0 Å². The molecule has 0 aliphatic carbocycles. The summed E-state index contributed by atoms with van der Waals surface area (Å²) in [7, 11) is 2.21. The van der Waals surface area contributed by atoms with Crippen molar-refractivity contribution < 1.29 is 4.74 Å². The van der Waals surface area contributed by atoms with Crippen LogP contribution in [0, 0.1) is 5.92 Å². The van der Waals surface area contributed by atoms with Gasteiger partial charge < -0.3 is 14.2 Å². The largest absolute Gasteiger partial charge is 0.370 e. The quantitative estimate of drug-likeness (QED) is 0.874. The molecule has 2 aliphatic heterocycles. The van der Waals surface area contributed by atoms with Crippen molar-refractivity contribution in [3.63, 3.8) is 0 Å². The van der Waals surface area contributed by atoms with Crippen LogP contribution in [0.1, 0.15) is 37.6 Å². The third-order valence-corrected chi connectivity index (χ3v) is 5.03. The predicted octanol–water partition coefficient (Wildman–Crippen LogP) is 2.62. The van der Waals surface area contributed by atoms with Crippen LogP contribution in [0.4, 0.5) is 0 Å². The van der Waals surface area contributed by atoms with E-state index in [2.05, 4.69) is 27.6 Å². The van der Waals surface area contributed by atoms with Crippen LogP contribution in [0.5, 0.6) is 0 Å². The summed E-state index contributed by atoms with van der Waals surface area (Å²) in [5, 5.41) is 0. The first-order valence-corrected chi connectivity index (χ1v) is 8.42. The van der Waals surface area contributed by atoms with Crippen molar-refractivity contribution >= 4 is 11.2 Å². The van der Waals surface area contributed by atoms with Crippen LogP contribution in [0.3, 0.4) is 0 Å². The van der Waals surface area contributed by atoms with Crippen LogP contribution < -0.4 is 0 Å². The first-order chi connectivity index (χ1) is 10.8. The molecule has 2 aromatic rings. The van der Waals surface area contributed by atoms with Crippen LogP contribution >= 0.6 is 0 Å². The van der Waals surface area contributed by atoms with E-state index in [1.165, 1.54) is 25.9 Å². The molecular formula is C17H24N4O. The van der Waals surface area contributed by atoms with Gasteiger partial charge in [-0.2, -0.15) is 0 Å². The van der Waals surface area contributed by atoms with Gasteiger partial charge in [-0.3, -0.25) is 0 Å². The lowest BCUT2D eigenvalue weighted by atomic mass is 9.97. The van der Waals surface area contributed by atoms with Crippen molar-refractivity contribution in [3.05, 3.63) is 24.2 Å². The molecule has 0 bridgehead atoms. The van der Waals surface area contributed by atoms with Gasteiger partial charge in [0.2, 0.25) is 0 Å². The maximum Gasteiger partial charge on any atom is 0.160 e. The van der Waals surface area contributed by atoms with Crippen molar-refractivity contribution in [3.8, 4) is 0 Å². The van der Waals surface area contributed by atoms with Crippen molar-refractivity contribution in [2.45, 2.75) is 38.3 Å². The minimum Gasteiger partial charge on any atom is -0.370 e. The highest BCUT2D eigenvalue weighted by atomic mass is 16.5. The maximum absolute atomic E-state index is 5.90. The molecule has 0 N–H and O–H groups in total. The summed E-state index contributed by atoms with van der Waals surface area (Å²) in [6.45, 7) is 4.27. The monoisotopic (exact) mass is 300 g/mol. The Morgan fingerprint density at radius 2 is 2.14 bits per heavy atom. The zero-order valence-corrected chi connectivity index (χ0v) is 13.2. The smallest absolute Gasteiger partial charge is 0.160 e. The van der Waals surface area contributed by atoms with Crippen molar-refractivity contribution in [2.75, 3.05) is 26.7 Å². The van der Waals surface area contributed by atoms with Crippen LogP contribution in [0.15, 0.2) is 18.3 Å². The average Bonchev–Trinajstić information content (AvgIpc) is 3.18. The second-order valence-electron chi connectivity index (χ2n) is 6.68. The fourth-order valence-corrected chi connectivity index (χ4v) is 3.69. The van der Waals surface area contributed by atoms with Gasteiger partial charge in [0, 0.05) is 19.3 Å². The predicted molar refractivity (Wildman–Crippen MR) is 85.7 cm³/mol. The molecule has 0 saturated carbocycles. The lowest BCUT2D eigenvalue weighted by Gasteiger charge is -2.29. The summed E-state index contributed by atoms with van der Waals surface area (Å²) < 4.78 is 8.23. The molecular weight excluding hydrogens is 276 g/mol. The number of imidazole rings is 1. The third-order valence-electron chi connectivity index (χ3n) is 5.03. The molecule has 0 spiro atoms. The number of pyridine rings is 1. The molecule has 2 aliphatic rings. The highest BCUT2D eigenvalue weighted by molar-refractivity contribution is 5.71. The molecule has 5 heteroatoms. The second kappa shape index (κ2) is 5.97. The van der Waals surface area contributed by atoms with Gasteiger partial charge >= 0.3 is 0 Å². The van der Waals surface area contributed by atoms with Gasteiger partial charge in [0.05, 0.1) is 0 Å². The number of aromatic nitrogens is 3. The van der Waals surface area contributed by atoms with Gasteiger partial charge in [0.1, 0.15) is 17.4 Å². The Bertz CT molecular complexity index is 639. The van der Waals surface area contributed by atoms with E-state index in [1.54, 1.807) is 0 Å².